The molecule has 0 N–H and O–H groups in total. The number of hydrogen-bond acceptors (Lipinski definition) is 0. The third-order valence-corrected chi connectivity index (χ3v) is 9.71. The summed E-state index contributed by atoms with van der Waals surface area (Å²) in [6.07, 6.45) is 0. The van der Waals surface area contributed by atoms with Crippen molar-refractivity contribution < 1.29 is 0 Å². The lowest BCUT2D eigenvalue weighted by atomic mass is 9.90. The molecule has 0 bridgehead atoms. The van der Waals surface area contributed by atoms with E-state index >= 15 is 0 Å². The highest BCUT2D eigenvalue weighted by Gasteiger charge is 2.38. The van der Waals surface area contributed by atoms with Crippen LogP contribution < -0.4 is 10.4 Å². The molecule has 1 aliphatic rings. The Kier molecular flexibility index (Phi) is 2.34. The summed E-state index contributed by atoms with van der Waals surface area (Å²) in [6.45, 7) is 4.99. The van der Waals surface area contributed by atoms with Gasteiger partial charge in [-0.05, 0) is 53.8 Å². The molecule has 5 aromatic carbocycles. The van der Waals surface area contributed by atoms with Gasteiger partial charge in [0.2, 0.25) is 0 Å². The molecule has 118 valence electrons. The molecule has 0 aromatic heterocycles. The zero-order valence-corrected chi connectivity index (χ0v) is 15.4. The molecule has 1 heteroatoms. The standard InChI is InChI=1S/C24H18Si/c1-25(2)20-9-4-3-8-18(20)24-19-13-12-16-7-5-6-15-10-11-17(14-21(24)25)23(19)22(15)16/h3-14H,1-2H3. The van der Waals surface area contributed by atoms with Gasteiger partial charge in [0.15, 0.2) is 0 Å². The molecule has 0 aliphatic carbocycles. The SMILES string of the molecule is C[Si]1(C)c2ccccc2-c2c1cc1ccc3cccc4ccc2c1c34. The van der Waals surface area contributed by atoms with Crippen LogP contribution in [-0.2, 0) is 0 Å². The van der Waals surface area contributed by atoms with Gasteiger partial charge in [-0.1, -0.05) is 85.9 Å². The summed E-state index contributed by atoms with van der Waals surface area (Å²) in [4.78, 5) is 0. The largest absolute Gasteiger partial charge is 0.113 e. The van der Waals surface area contributed by atoms with Crippen LogP contribution >= 0.6 is 0 Å². The Bertz CT molecular complexity index is 1290. The number of benzene rings is 5. The van der Waals surface area contributed by atoms with Crippen LogP contribution in [0.4, 0.5) is 0 Å². The molecule has 0 spiro atoms. The highest BCUT2D eigenvalue weighted by molar-refractivity contribution is 7.04. The molecule has 25 heavy (non-hydrogen) atoms. The van der Waals surface area contributed by atoms with Crippen LogP contribution in [0.3, 0.4) is 0 Å². The monoisotopic (exact) mass is 334 g/mol. The molecule has 0 fully saturated rings. The molecular formula is C24H18Si. The molecule has 0 saturated heterocycles. The molecule has 1 heterocycles. The molecular weight excluding hydrogens is 316 g/mol. The lowest BCUT2D eigenvalue weighted by molar-refractivity contribution is 1.74. The van der Waals surface area contributed by atoms with Gasteiger partial charge in [-0.15, -0.1) is 0 Å². The van der Waals surface area contributed by atoms with Crippen LogP contribution in [0.15, 0.2) is 72.8 Å². The molecule has 0 unspecified atom stereocenters. The van der Waals surface area contributed by atoms with Crippen LogP contribution in [0.25, 0.3) is 43.4 Å². The molecule has 0 amide bonds. The minimum atomic E-state index is -1.63. The second kappa shape index (κ2) is 4.30. The maximum atomic E-state index is 2.50. The summed E-state index contributed by atoms with van der Waals surface area (Å²) in [5.41, 5.74) is 2.96. The van der Waals surface area contributed by atoms with Crippen molar-refractivity contribution in [3.8, 4) is 11.1 Å². The quantitative estimate of drug-likeness (QED) is 0.263. The van der Waals surface area contributed by atoms with Gasteiger partial charge in [0.1, 0.15) is 8.07 Å². The lowest BCUT2D eigenvalue weighted by Crippen LogP contribution is -2.49. The highest BCUT2D eigenvalue weighted by atomic mass is 28.3. The van der Waals surface area contributed by atoms with E-state index in [1.807, 2.05) is 0 Å². The minimum absolute atomic E-state index is 1.35. The summed E-state index contributed by atoms with van der Waals surface area (Å²) in [6, 6.07) is 27.5. The van der Waals surface area contributed by atoms with Gasteiger partial charge >= 0.3 is 0 Å². The second-order valence-corrected chi connectivity index (χ2v) is 12.2. The van der Waals surface area contributed by atoms with Crippen LogP contribution in [0, 0.1) is 0 Å². The Morgan fingerprint density at radius 2 is 1.32 bits per heavy atom. The summed E-state index contributed by atoms with van der Waals surface area (Å²) >= 11 is 0. The fraction of sp³-hybridized carbons (Fsp3) is 0.0833. The van der Waals surface area contributed by atoms with Crippen molar-refractivity contribution in [2.24, 2.45) is 0 Å². The van der Waals surface area contributed by atoms with E-state index in [1.54, 1.807) is 10.4 Å². The zero-order chi connectivity index (χ0) is 16.8. The Morgan fingerprint density at radius 3 is 2.16 bits per heavy atom. The Labute approximate surface area is 148 Å². The maximum absolute atomic E-state index is 2.50. The maximum Gasteiger partial charge on any atom is 0.113 e. The second-order valence-electron chi connectivity index (χ2n) is 7.83. The van der Waals surface area contributed by atoms with Crippen molar-refractivity contribution in [1.82, 2.24) is 0 Å². The van der Waals surface area contributed by atoms with Crippen molar-refractivity contribution in [3.05, 3.63) is 72.8 Å². The fourth-order valence-corrected chi connectivity index (χ4v) is 8.08. The van der Waals surface area contributed by atoms with E-state index in [0.29, 0.717) is 0 Å². The van der Waals surface area contributed by atoms with Crippen molar-refractivity contribution in [2.45, 2.75) is 13.1 Å². The van der Waals surface area contributed by atoms with Crippen molar-refractivity contribution in [3.63, 3.8) is 0 Å². The molecule has 6 rings (SSSR count). The van der Waals surface area contributed by atoms with Gasteiger partial charge in [-0.25, -0.2) is 0 Å². The average Bonchev–Trinajstić information content (AvgIpc) is 2.87. The third-order valence-electron chi connectivity index (χ3n) is 6.19. The van der Waals surface area contributed by atoms with E-state index in [4.69, 9.17) is 0 Å². The van der Waals surface area contributed by atoms with E-state index in [9.17, 15) is 0 Å². The fourth-order valence-electron chi connectivity index (χ4n) is 4.98. The van der Waals surface area contributed by atoms with Crippen LogP contribution in [0.2, 0.25) is 13.1 Å². The van der Waals surface area contributed by atoms with E-state index in [0.717, 1.165) is 0 Å². The topological polar surface area (TPSA) is 0 Å². The Balaban J connectivity index is 1.93. The average molecular weight is 334 g/mol. The van der Waals surface area contributed by atoms with E-state index in [-0.39, 0.29) is 0 Å². The van der Waals surface area contributed by atoms with Crippen LogP contribution in [0.5, 0.6) is 0 Å². The van der Waals surface area contributed by atoms with Gasteiger partial charge in [0, 0.05) is 0 Å². The highest BCUT2D eigenvalue weighted by Crippen LogP contribution is 2.41. The van der Waals surface area contributed by atoms with Crippen molar-refractivity contribution >= 4 is 50.8 Å². The number of rotatable bonds is 0. The van der Waals surface area contributed by atoms with Crippen LogP contribution in [-0.4, -0.2) is 8.07 Å². The molecule has 0 nitrogen and oxygen atoms in total. The number of fused-ring (bicyclic) bond motifs is 4. The van der Waals surface area contributed by atoms with Gasteiger partial charge in [-0.2, -0.15) is 0 Å². The lowest BCUT2D eigenvalue weighted by Gasteiger charge is -2.20. The smallest absolute Gasteiger partial charge is 0.0623 e. The molecule has 0 saturated carbocycles. The van der Waals surface area contributed by atoms with Crippen LogP contribution in [0.1, 0.15) is 0 Å². The van der Waals surface area contributed by atoms with E-state index in [1.165, 1.54) is 43.4 Å². The van der Waals surface area contributed by atoms with Gasteiger partial charge < -0.3 is 0 Å². The van der Waals surface area contributed by atoms with Crippen molar-refractivity contribution in [1.29, 1.82) is 0 Å². The molecule has 0 radical (unpaired) electrons. The predicted molar refractivity (Wildman–Crippen MR) is 112 cm³/mol. The summed E-state index contributed by atoms with van der Waals surface area (Å²) in [5, 5.41) is 11.6. The van der Waals surface area contributed by atoms with Crippen molar-refractivity contribution in [2.75, 3.05) is 0 Å². The summed E-state index contributed by atoms with van der Waals surface area (Å²) in [7, 11) is -1.63. The minimum Gasteiger partial charge on any atom is -0.0623 e. The van der Waals surface area contributed by atoms with Gasteiger partial charge in [-0.3, -0.25) is 0 Å². The number of hydrogen-bond donors (Lipinski definition) is 0. The first-order chi connectivity index (χ1) is 12.2. The predicted octanol–water partition coefficient (Wildman–Crippen LogP) is 5.39. The zero-order valence-electron chi connectivity index (χ0n) is 14.4. The van der Waals surface area contributed by atoms with E-state index < -0.39 is 8.07 Å². The first kappa shape index (κ1) is 13.6. The Morgan fingerprint density at radius 1 is 0.600 bits per heavy atom. The van der Waals surface area contributed by atoms with Gasteiger partial charge in [0.25, 0.3) is 0 Å². The first-order valence-corrected chi connectivity index (χ1v) is 12.0. The third kappa shape index (κ3) is 1.53. The van der Waals surface area contributed by atoms with E-state index in [2.05, 4.69) is 85.9 Å². The summed E-state index contributed by atoms with van der Waals surface area (Å²) < 4.78 is 0. The normalized spacial score (nSPS) is 15.1. The first-order valence-electron chi connectivity index (χ1n) is 8.97. The van der Waals surface area contributed by atoms with Gasteiger partial charge in [0.05, 0.1) is 0 Å². The molecule has 5 aromatic rings. The summed E-state index contributed by atoms with van der Waals surface area (Å²) in [5.74, 6) is 0. The Hall–Kier alpha value is -2.64. The molecule has 0 atom stereocenters. The molecule has 1 aliphatic heterocycles.